The smallest absolute Gasteiger partial charge is 0.220 e. The Balaban J connectivity index is 1.43. The van der Waals surface area contributed by atoms with E-state index >= 15 is 0 Å². The van der Waals surface area contributed by atoms with Crippen LogP contribution in [0.5, 0.6) is 5.75 Å². The third kappa shape index (κ3) is 5.96. The average molecular weight is 501 g/mol. The molecule has 3 aromatic carbocycles. The van der Waals surface area contributed by atoms with Gasteiger partial charge >= 0.3 is 0 Å². The minimum absolute atomic E-state index is 0.0324. The van der Waals surface area contributed by atoms with Crippen LogP contribution in [0.25, 0.3) is 22.2 Å². The number of nitrogens with zero attached hydrogens (tertiary/aromatic N) is 1. The number of rotatable bonds is 11. The number of carbonyl (C=O) groups excluding carboxylic acids is 1. The second-order valence-corrected chi connectivity index (χ2v) is 10.1. The molecule has 5 heteroatoms. The first kappa shape index (κ1) is 25.9. The Hall–Kier alpha value is -3.18. The number of hydrogen-bond donors (Lipinski definition) is 1. The standard InChI is InChI=1S/C31H36N2O2S/c1-22-28-21-26(35-3)16-19-29(28)33(31(22)25-14-17-27(36-4)18-15-25)20-10-6-9-13-30(34)32-23(2)24-11-7-5-8-12-24/h5,7-8,11-12,14-19,21,23H,6,9-10,13,20H2,1-4H3,(H,32,34). The summed E-state index contributed by atoms with van der Waals surface area (Å²) in [5.74, 6) is 0.998. The molecule has 36 heavy (non-hydrogen) atoms. The number of amides is 1. The molecular formula is C31H36N2O2S. The molecule has 4 nitrogen and oxygen atoms in total. The topological polar surface area (TPSA) is 43.3 Å². The molecule has 1 heterocycles. The van der Waals surface area contributed by atoms with Crippen molar-refractivity contribution >= 4 is 28.6 Å². The highest BCUT2D eigenvalue weighted by Crippen LogP contribution is 2.36. The SMILES string of the molecule is COc1ccc2c(c1)c(C)c(-c1ccc(SC)cc1)n2CCCCCC(=O)NC(C)c1ccccc1. The van der Waals surface area contributed by atoms with Gasteiger partial charge in [0.05, 0.1) is 18.8 Å². The highest BCUT2D eigenvalue weighted by molar-refractivity contribution is 7.98. The molecule has 1 N–H and O–H groups in total. The number of thioether (sulfide) groups is 1. The van der Waals surface area contributed by atoms with Crippen LogP contribution in [0.15, 0.2) is 77.7 Å². The van der Waals surface area contributed by atoms with E-state index in [4.69, 9.17) is 4.74 Å². The molecule has 1 atom stereocenters. The number of aromatic nitrogens is 1. The van der Waals surface area contributed by atoms with Crippen LogP contribution in [0.4, 0.5) is 0 Å². The van der Waals surface area contributed by atoms with Gasteiger partial charge in [0.15, 0.2) is 0 Å². The summed E-state index contributed by atoms with van der Waals surface area (Å²) in [5, 5.41) is 4.35. The maximum atomic E-state index is 12.5. The highest BCUT2D eigenvalue weighted by Gasteiger charge is 2.17. The normalized spacial score (nSPS) is 12.0. The van der Waals surface area contributed by atoms with E-state index in [2.05, 4.69) is 71.6 Å². The molecule has 0 aliphatic rings. The number of unbranched alkanes of at least 4 members (excludes halogenated alkanes) is 2. The molecule has 4 aromatic rings. The van der Waals surface area contributed by atoms with Gasteiger partial charge in [0.2, 0.25) is 5.91 Å². The van der Waals surface area contributed by atoms with E-state index in [1.54, 1.807) is 18.9 Å². The number of aryl methyl sites for hydroxylation is 2. The molecule has 1 unspecified atom stereocenters. The van der Waals surface area contributed by atoms with Crippen LogP contribution < -0.4 is 10.1 Å². The first-order valence-corrected chi connectivity index (χ1v) is 13.9. The predicted molar refractivity (Wildman–Crippen MR) is 152 cm³/mol. The van der Waals surface area contributed by atoms with E-state index in [1.165, 1.54) is 32.6 Å². The lowest BCUT2D eigenvalue weighted by Gasteiger charge is -2.15. The Bertz CT molecular complexity index is 1300. The predicted octanol–water partition coefficient (Wildman–Crippen LogP) is 7.79. The summed E-state index contributed by atoms with van der Waals surface area (Å²) in [4.78, 5) is 13.7. The third-order valence-corrected chi connectivity index (χ3v) is 7.59. The maximum absolute atomic E-state index is 12.5. The van der Waals surface area contributed by atoms with Gasteiger partial charge in [0.1, 0.15) is 5.75 Å². The molecule has 0 saturated heterocycles. The largest absolute Gasteiger partial charge is 0.497 e. The fourth-order valence-electron chi connectivity index (χ4n) is 4.85. The molecule has 0 spiro atoms. The van der Waals surface area contributed by atoms with Gasteiger partial charge in [-0.15, -0.1) is 11.8 Å². The first-order valence-electron chi connectivity index (χ1n) is 12.7. The number of nitrogens with one attached hydrogen (secondary N) is 1. The first-order chi connectivity index (χ1) is 17.5. The number of benzene rings is 3. The van der Waals surface area contributed by atoms with Crippen molar-refractivity contribution in [3.05, 3.63) is 83.9 Å². The molecule has 1 amide bonds. The Morgan fingerprint density at radius 2 is 1.75 bits per heavy atom. The van der Waals surface area contributed by atoms with Crippen LogP contribution in [0.2, 0.25) is 0 Å². The number of hydrogen-bond acceptors (Lipinski definition) is 3. The molecule has 4 rings (SSSR count). The fourth-order valence-corrected chi connectivity index (χ4v) is 5.26. The Morgan fingerprint density at radius 1 is 1.00 bits per heavy atom. The number of fused-ring (bicyclic) bond motifs is 1. The Morgan fingerprint density at radius 3 is 2.44 bits per heavy atom. The van der Waals surface area contributed by atoms with Crippen LogP contribution in [-0.4, -0.2) is 23.8 Å². The zero-order valence-electron chi connectivity index (χ0n) is 21.7. The zero-order chi connectivity index (χ0) is 25.5. The van der Waals surface area contributed by atoms with Crippen LogP contribution in [-0.2, 0) is 11.3 Å². The summed E-state index contributed by atoms with van der Waals surface area (Å²) in [6, 6.07) is 25.3. The zero-order valence-corrected chi connectivity index (χ0v) is 22.5. The molecule has 0 bridgehead atoms. The summed E-state index contributed by atoms with van der Waals surface area (Å²) in [6.45, 7) is 5.15. The highest BCUT2D eigenvalue weighted by atomic mass is 32.2. The second-order valence-electron chi connectivity index (χ2n) is 9.25. The lowest BCUT2D eigenvalue weighted by atomic mass is 10.1. The fraction of sp³-hybridized carbons (Fsp3) is 0.323. The molecule has 0 aliphatic heterocycles. The summed E-state index contributed by atoms with van der Waals surface area (Å²) >= 11 is 1.76. The average Bonchev–Trinajstić information content (AvgIpc) is 3.19. The monoisotopic (exact) mass is 500 g/mol. The molecule has 0 aliphatic carbocycles. The molecule has 188 valence electrons. The van der Waals surface area contributed by atoms with E-state index in [1.807, 2.05) is 31.2 Å². The van der Waals surface area contributed by atoms with Gasteiger partial charge in [-0.3, -0.25) is 4.79 Å². The van der Waals surface area contributed by atoms with Crippen molar-refractivity contribution in [1.82, 2.24) is 9.88 Å². The van der Waals surface area contributed by atoms with Crippen LogP contribution in [0.3, 0.4) is 0 Å². The van der Waals surface area contributed by atoms with Gasteiger partial charge in [0, 0.05) is 28.8 Å². The van der Waals surface area contributed by atoms with Gasteiger partial charge in [0.25, 0.3) is 0 Å². The number of carbonyl (C=O) groups is 1. The van der Waals surface area contributed by atoms with E-state index < -0.39 is 0 Å². The van der Waals surface area contributed by atoms with E-state index in [9.17, 15) is 4.79 Å². The third-order valence-electron chi connectivity index (χ3n) is 6.85. The molecule has 0 saturated carbocycles. The van der Waals surface area contributed by atoms with Crippen molar-refractivity contribution in [2.45, 2.75) is 57.0 Å². The summed E-state index contributed by atoms with van der Waals surface area (Å²) < 4.78 is 7.94. The summed E-state index contributed by atoms with van der Waals surface area (Å²) in [5.41, 5.74) is 6.13. The summed E-state index contributed by atoms with van der Waals surface area (Å²) in [7, 11) is 1.71. The minimum Gasteiger partial charge on any atom is -0.497 e. The van der Waals surface area contributed by atoms with Crippen molar-refractivity contribution < 1.29 is 9.53 Å². The van der Waals surface area contributed by atoms with Crippen molar-refractivity contribution in [1.29, 1.82) is 0 Å². The van der Waals surface area contributed by atoms with Crippen molar-refractivity contribution in [2.75, 3.05) is 13.4 Å². The quantitative estimate of drug-likeness (QED) is 0.169. The van der Waals surface area contributed by atoms with Crippen LogP contribution >= 0.6 is 11.8 Å². The molecule has 0 fully saturated rings. The van der Waals surface area contributed by atoms with Gasteiger partial charge in [-0.1, -0.05) is 48.9 Å². The van der Waals surface area contributed by atoms with Crippen molar-refractivity contribution in [2.24, 2.45) is 0 Å². The van der Waals surface area contributed by atoms with E-state index in [-0.39, 0.29) is 11.9 Å². The van der Waals surface area contributed by atoms with Crippen molar-refractivity contribution in [3.63, 3.8) is 0 Å². The minimum atomic E-state index is 0.0324. The van der Waals surface area contributed by atoms with Gasteiger partial charge < -0.3 is 14.6 Å². The molecule has 0 radical (unpaired) electrons. The summed E-state index contributed by atoms with van der Waals surface area (Å²) in [6.07, 6.45) is 5.57. The Labute approximate surface area is 219 Å². The van der Waals surface area contributed by atoms with Gasteiger partial charge in [-0.2, -0.15) is 0 Å². The maximum Gasteiger partial charge on any atom is 0.220 e. The lowest BCUT2D eigenvalue weighted by molar-refractivity contribution is -0.121. The van der Waals surface area contributed by atoms with E-state index in [0.29, 0.717) is 6.42 Å². The van der Waals surface area contributed by atoms with Crippen LogP contribution in [0.1, 0.15) is 49.8 Å². The van der Waals surface area contributed by atoms with Crippen molar-refractivity contribution in [3.8, 4) is 17.0 Å². The molecular weight excluding hydrogens is 464 g/mol. The van der Waals surface area contributed by atoms with Gasteiger partial charge in [-0.25, -0.2) is 0 Å². The van der Waals surface area contributed by atoms with Gasteiger partial charge in [-0.05, 0) is 80.0 Å². The number of ether oxygens (including phenoxy) is 1. The second kappa shape index (κ2) is 12.2. The molecule has 1 aromatic heterocycles. The van der Waals surface area contributed by atoms with Crippen LogP contribution in [0, 0.1) is 6.92 Å². The Kier molecular flexibility index (Phi) is 8.76. The lowest BCUT2D eigenvalue weighted by Crippen LogP contribution is -2.26. The number of methoxy groups -OCH3 is 1. The van der Waals surface area contributed by atoms with E-state index in [0.717, 1.165) is 37.1 Å².